The van der Waals surface area contributed by atoms with Crippen LogP contribution in [-0.2, 0) is 4.79 Å². The number of rotatable bonds is 5. The highest BCUT2D eigenvalue weighted by Crippen LogP contribution is 2.35. The van der Waals surface area contributed by atoms with Crippen LogP contribution in [0.15, 0.2) is 0 Å². The summed E-state index contributed by atoms with van der Waals surface area (Å²) >= 11 is 0. The number of aliphatic carboxylic acids is 1. The van der Waals surface area contributed by atoms with Gasteiger partial charge in [-0.2, -0.15) is 0 Å². The second-order valence-electron chi connectivity index (χ2n) is 6.17. The molecule has 2 amide bonds. The van der Waals surface area contributed by atoms with Crippen LogP contribution in [0.1, 0.15) is 52.4 Å². The molecule has 1 saturated carbocycles. The van der Waals surface area contributed by atoms with E-state index >= 15 is 0 Å². The molecule has 1 aliphatic carbocycles. The fourth-order valence-corrected chi connectivity index (χ4v) is 3.15. The lowest BCUT2D eigenvalue weighted by Gasteiger charge is -2.41. The molecule has 0 aromatic rings. The smallest absolute Gasteiger partial charge is 0.320 e. The Morgan fingerprint density at radius 2 is 2.05 bits per heavy atom. The highest BCUT2D eigenvalue weighted by Gasteiger charge is 2.44. The Balaban J connectivity index is 2.07. The van der Waals surface area contributed by atoms with Gasteiger partial charge in [-0.1, -0.05) is 13.8 Å². The third kappa shape index (κ3) is 2.91. The van der Waals surface area contributed by atoms with E-state index in [4.69, 9.17) is 0 Å². The summed E-state index contributed by atoms with van der Waals surface area (Å²) in [5.41, 5.74) is -0.741. The molecule has 1 aliphatic heterocycles. The molecule has 1 atom stereocenters. The van der Waals surface area contributed by atoms with Crippen LogP contribution in [0.4, 0.5) is 4.79 Å². The molecule has 2 aliphatic rings. The molecule has 2 fully saturated rings. The number of likely N-dealkylation sites (tertiary alicyclic amines) is 1. The maximum Gasteiger partial charge on any atom is 0.320 e. The van der Waals surface area contributed by atoms with Gasteiger partial charge in [0.05, 0.1) is 5.41 Å². The van der Waals surface area contributed by atoms with Gasteiger partial charge in [0.25, 0.3) is 0 Å². The van der Waals surface area contributed by atoms with Crippen molar-refractivity contribution in [3.63, 3.8) is 0 Å². The summed E-state index contributed by atoms with van der Waals surface area (Å²) in [7, 11) is 0. The van der Waals surface area contributed by atoms with Gasteiger partial charge in [-0.15, -0.1) is 0 Å². The standard InChI is InChI=1S/C15H26N2O3/c1-3-9-17(12-6-7-12)14(20)16-10-5-8-15(4-2,11-16)13(18)19/h12H,3-11H2,1-2H3,(H,18,19). The van der Waals surface area contributed by atoms with E-state index < -0.39 is 11.4 Å². The van der Waals surface area contributed by atoms with Crippen LogP contribution < -0.4 is 0 Å². The average molecular weight is 282 g/mol. The second-order valence-corrected chi connectivity index (χ2v) is 6.17. The summed E-state index contributed by atoms with van der Waals surface area (Å²) in [6.07, 6.45) is 5.20. The van der Waals surface area contributed by atoms with Crippen molar-refractivity contribution in [2.24, 2.45) is 5.41 Å². The van der Waals surface area contributed by atoms with E-state index in [0.717, 1.165) is 32.2 Å². The maximum absolute atomic E-state index is 12.7. The molecule has 114 valence electrons. The summed E-state index contributed by atoms with van der Waals surface area (Å²) in [4.78, 5) is 27.9. The minimum atomic E-state index is -0.758. The zero-order valence-corrected chi connectivity index (χ0v) is 12.6. The molecule has 1 saturated heterocycles. The van der Waals surface area contributed by atoms with E-state index in [9.17, 15) is 14.7 Å². The summed E-state index contributed by atoms with van der Waals surface area (Å²) in [5, 5.41) is 9.50. The van der Waals surface area contributed by atoms with E-state index in [1.54, 1.807) is 4.90 Å². The molecule has 20 heavy (non-hydrogen) atoms. The van der Waals surface area contributed by atoms with Crippen molar-refractivity contribution in [2.75, 3.05) is 19.6 Å². The number of carbonyl (C=O) groups excluding carboxylic acids is 1. The number of hydrogen-bond acceptors (Lipinski definition) is 2. The molecule has 0 spiro atoms. The van der Waals surface area contributed by atoms with Gasteiger partial charge >= 0.3 is 12.0 Å². The molecule has 1 unspecified atom stereocenters. The first kappa shape index (κ1) is 15.1. The van der Waals surface area contributed by atoms with Crippen LogP contribution in [0.25, 0.3) is 0 Å². The van der Waals surface area contributed by atoms with Crippen molar-refractivity contribution in [1.29, 1.82) is 0 Å². The maximum atomic E-state index is 12.7. The fraction of sp³-hybridized carbons (Fsp3) is 0.867. The van der Waals surface area contributed by atoms with Gasteiger partial charge < -0.3 is 14.9 Å². The third-order valence-corrected chi connectivity index (χ3v) is 4.68. The first-order chi connectivity index (χ1) is 9.54. The first-order valence-electron chi connectivity index (χ1n) is 7.83. The lowest BCUT2D eigenvalue weighted by molar-refractivity contribution is -0.152. The number of amides is 2. The molecule has 0 aromatic carbocycles. The largest absolute Gasteiger partial charge is 0.481 e. The minimum Gasteiger partial charge on any atom is -0.481 e. The van der Waals surface area contributed by atoms with Crippen LogP contribution >= 0.6 is 0 Å². The number of urea groups is 1. The Bertz CT molecular complexity index is 381. The highest BCUT2D eigenvalue weighted by atomic mass is 16.4. The topological polar surface area (TPSA) is 60.9 Å². The number of carboxylic acid groups (broad SMARTS) is 1. The summed E-state index contributed by atoms with van der Waals surface area (Å²) in [6, 6.07) is 0.443. The van der Waals surface area contributed by atoms with Gasteiger partial charge in [-0.05, 0) is 38.5 Å². The summed E-state index contributed by atoms with van der Waals surface area (Å²) in [6.45, 7) is 5.83. The number of nitrogens with zero attached hydrogens (tertiary/aromatic N) is 2. The lowest BCUT2D eigenvalue weighted by atomic mass is 9.78. The average Bonchev–Trinajstić information content (AvgIpc) is 3.28. The van der Waals surface area contributed by atoms with Crippen LogP contribution in [0.3, 0.4) is 0 Å². The Morgan fingerprint density at radius 3 is 2.55 bits per heavy atom. The normalized spacial score (nSPS) is 26.4. The van der Waals surface area contributed by atoms with E-state index in [0.29, 0.717) is 32.0 Å². The Labute approximate surface area is 120 Å². The van der Waals surface area contributed by atoms with Crippen molar-refractivity contribution in [3.8, 4) is 0 Å². The Morgan fingerprint density at radius 1 is 1.35 bits per heavy atom. The molecule has 0 bridgehead atoms. The molecule has 0 aromatic heterocycles. The molecular formula is C15H26N2O3. The minimum absolute atomic E-state index is 0.0492. The first-order valence-corrected chi connectivity index (χ1v) is 7.83. The molecule has 2 rings (SSSR count). The molecule has 5 nitrogen and oxygen atoms in total. The van der Waals surface area contributed by atoms with E-state index in [-0.39, 0.29) is 6.03 Å². The SMILES string of the molecule is CCCN(C(=O)N1CCCC(CC)(C(=O)O)C1)C1CC1. The summed E-state index contributed by atoms with van der Waals surface area (Å²) < 4.78 is 0. The van der Waals surface area contributed by atoms with Gasteiger partial charge in [0, 0.05) is 25.7 Å². The van der Waals surface area contributed by atoms with Crippen LogP contribution in [-0.4, -0.2) is 52.6 Å². The molecule has 5 heteroatoms. The van der Waals surface area contributed by atoms with Gasteiger partial charge in [-0.25, -0.2) is 4.79 Å². The Hall–Kier alpha value is -1.26. The van der Waals surface area contributed by atoms with Crippen molar-refractivity contribution < 1.29 is 14.7 Å². The molecule has 0 radical (unpaired) electrons. The highest BCUT2D eigenvalue weighted by molar-refractivity contribution is 5.79. The van der Waals surface area contributed by atoms with Crippen molar-refractivity contribution in [2.45, 2.75) is 58.4 Å². The van der Waals surface area contributed by atoms with Crippen molar-refractivity contribution in [1.82, 2.24) is 9.80 Å². The second kappa shape index (κ2) is 6.02. The van der Waals surface area contributed by atoms with E-state index in [2.05, 4.69) is 6.92 Å². The number of carbonyl (C=O) groups is 2. The van der Waals surface area contributed by atoms with Gasteiger partial charge in [-0.3, -0.25) is 4.79 Å². The number of piperidine rings is 1. The summed E-state index contributed by atoms with van der Waals surface area (Å²) in [5.74, 6) is -0.758. The molecule has 1 N–H and O–H groups in total. The Kier molecular flexibility index (Phi) is 4.55. The predicted octanol–water partition coefficient (Wildman–Crippen LogP) is 2.56. The van der Waals surface area contributed by atoms with Gasteiger partial charge in [0.2, 0.25) is 0 Å². The zero-order valence-electron chi connectivity index (χ0n) is 12.6. The predicted molar refractivity (Wildman–Crippen MR) is 76.6 cm³/mol. The fourth-order valence-electron chi connectivity index (χ4n) is 3.15. The van der Waals surface area contributed by atoms with E-state index in [1.807, 2.05) is 11.8 Å². The van der Waals surface area contributed by atoms with Crippen LogP contribution in [0.5, 0.6) is 0 Å². The lowest BCUT2D eigenvalue weighted by Crippen LogP contribution is -2.54. The molecule has 1 heterocycles. The quantitative estimate of drug-likeness (QED) is 0.843. The van der Waals surface area contributed by atoms with Crippen LogP contribution in [0.2, 0.25) is 0 Å². The van der Waals surface area contributed by atoms with E-state index in [1.165, 1.54) is 0 Å². The van der Waals surface area contributed by atoms with Crippen molar-refractivity contribution >= 4 is 12.0 Å². The van der Waals surface area contributed by atoms with Crippen LogP contribution in [0, 0.1) is 5.41 Å². The van der Waals surface area contributed by atoms with Gasteiger partial charge in [0.15, 0.2) is 0 Å². The monoisotopic (exact) mass is 282 g/mol. The number of carboxylic acids is 1. The van der Waals surface area contributed by atoms with Gasteiger partial charge in [0.1, 0.15) is 0 Å². The molecular weight excluding hydrogens is 256 g/mol. The van der Waals surface area contributed by atoms with Crippen molar-refractivity contribution in [3.05, 3.63) is 0 Å². The third-order valence-electron chi connectivity index (χ3n) is 4.68. The zero-order chi connectivity index (χ0) is 14.8. The number of hydrogen-bond donors (Lipinski definition) is 1.